The fraction of sp³-hybridized carbons (Fsp3) is 0.875. The molecule has 1 saturated heterocycles. The summed E-state index contributed by atoms with van der Waals surface area (Å²) < 4.78 is 5.85. The smallest absolute Gasteiger partial charge is 0.0529 e. The van der Waals surface area contributed by atoms with E-state index in [0.717, 1.165) is 13.2 Å². The minimum atomic E-state index is 0.389. The van der Waals surface area contributed by atoms with Crippen molar-refractivity contribution in [2.75, 3.05) is 13.2 Å². The molecule has 1 heteroatoms. The summed E-state index contributed by atoms with van der Waals surface area (Å²) >= 11 is 0. The Balaban J connectivity index is 2.03. The molecular weight excluding hydrogens is 208 g/mol. The molecule has 2 unspecified atom stereocenters. The Bertz CT molecular complexity index is 379. The highest BCUT2D eigenvalue weighted by molar-refractivity contribution is 5.31. The van der Waals surface area contributed by atoms with Gasteiger partial charge in [-0.15, -0.1) is 0 Å². The zero-order chi connectivity index (χ0) is 12.3. The fourth-order valence-corrected chi connectivity index (χ4v) is 4.32. The summed E-state index contributed by atoms with van der Waals surface area (Å²) in [5.41, 5.74) is 4.81. The maximum absolute atomic E-state index is 5.85. The molecule has 0 bridgehead atoms. The second-order valence-corrected chi connectivity index (χ2v) is 7.79. The molecule has 0 saturated carbocycles. The van der Waals surface area contributed by atoms with Crippen LogP contribution in [0.1, 0.15) is 59.8 Å². The van der Waals surface area contributed by atoms with Gasteiger partial charge < -0.3 is 4.74 Å². The first-order valence-corrected chi connectivity index (χ1v) is 7.16. The zero-order valence-electron chi connectivity index (χ0n) is 11.9. The fourth-order valence-electron chi connectivity index (χ4n) is 4.32. The standard InChI is InChI=1S/C16H26O/c1-14(2)7-5-6-12-8-15(3)10-17-11-16(15,4)9-13(12)14/h5-11H2,1-4H3. The lowest BCUT2D eigenvalue weighted by Crippen LogP contribution is -2.43. The minimum absolute atomic E-state index is 0.389. The Morgan fingerprint density at radius 2 is 1.59 bits per heavy atom. The Hall–Kier alpha value is -0.300. The number of rotatable bonds is 0. The van der Waals surface area contributed by atoms with Gasteiger partial charge in [-0.3, -0.25) is 0 Å². The average Bonchev–Trinajstić information content (AvgIpc) is 2.51. The van der Waals surface area contributed by atoms with Crippen molar-refractivity contribution in [3.63, 3.8) is 0 Å². The molecule has 2 aliphatic carbocycles. The molecule has 3 rings (SSSR count). The molecule has 0 aromatic rings. The third-order valence-electron chi connectivity index (χ3n) is 5.99. The van der Waals surface area contributed by atoms with Gasteiger partial charge in [-0.1, -0.05) is 38.8 Å². The molecule has 1 fully saturated rings. The monoisotopic (exact) mass is 234 g/mol. The Morgan fingerprint density at radius 3 is 2.29 bits per heavy atom. The lowest BCUT2D eigenvalue weighted by atomic mass is 9.53. The molecule has 3 aliphatic rings. The van der Waals surface area contributed by atoms with E-state index in [9.17, 15) is 0 Å². The van der Waals surface area contributed by atoms with Crippen LogP contribution in [-0.2, 0) is 4.74 Å². The predicted molar refractivity (Wildman–Crippen MR) is 70.9 cm³/mol. The van der Waals surface area contributed by atoms with Crippen molar-refractivity contribution in [3.8, 4) is 0 Å². The minimum Gasteiger partial charge on any atom is -0.380 e. The molecule has 1 nitrogen and oxygen atoms in total. The second-order valence-electron chi connectivity index (χ2n) is 7.79. The van der Waals surface area contributed by atoms with E-state index in [1.54, 1.807) is 11.1 Å². The summed E-state index contributed by atoms with van der Waals surface area (Å²) in [5, 5.41) is 0. The molecule has 0 spiro atoms. The van der Waals surface area contributed by atoms with Crippen molar-refractivity contribution in [3.05, 3.63) is 11.1 Å². The number of hydrogen-bond donors (Lipinski definition) is 0. The molecule has 2 atom stereocenters. The lowest BCUT2D eigenvalue weighted by Gasteiger charge is -2.50. The first kappa shape index (κ1) is 11.8. The van der Waals surface area contributed by atoms with Crippen LogP contribution in [0.25, 0.3) is 0 Å². The zero-order valence-corrected chi connectivity index (χ0v) is 11.9. The normalized spacial score (nSPS) is 44.5. The van der Waals surface area contributed by atoms with Crippen LogP contribution >= 0.6 is 0 Å². The first-order valence-electron chi connectivity index (χ1n) is 7.16. The van der Waals surface area contributed by atoms with Crippen molar-refractivity contribution in [1.29, 1.82) is 0 Å². The van der Waals surface area contributed by atoms with Crippen molar-refractivity contribution < 1.29 is 4.74 Å². The van der Waals surface area contributed by atoms with Crippen LogP contribution in [0.2, 0.25) is 0 Å². The Kier molecular flexibility index (Phi) is 2.34. The van der Waals surface area contributed by atoms with Gasteiger partial charge in [-0.2, -0.15) is 0 Å². The summed E-state index contributed by atoms with van der Waals surface area (Å²) in [6, 6.07) is 0. The van der Waals surface area contributed by atoms with Crippen molar-refractivity contribution in [1.82, 2.24) is 0 Å². The lowest BCUT2D eigenvalue weighted by molar-refractivity contribution is 0.100. The SMILES string of the molecule is CC1(C)CCCC2=C1CC1(C)COCC1(C)C2. The van der Waals surface area contributed by atoms with Gasteiger partial charge in [-0.25, -0.2) is 0 Å². The first-order chi connectivity index (χ1) is 7.86. The van der Waals surface area contributed by atoms with E-state index in [2.05, 4.69) is 27.7 Å². The molecule has 0 amide bonds. The maximum Gasteiger partial charge on any atom is 0.0529 e. The summed E-state index contributed by atoms with van der Waals surface area (Å²) in [5.74, 6) is 0. The van der Waals surface area contributed by atoms with E-state index in [0.29, 0.717) is 16.2 Å². The summed E-state index contributed by atoms with van der Waals surface area (Å²) in [6.45, 7) is 11.7. The van der Waals surface area contributed by atoms with Crippen LogP contribution in [-0.4, -0.2) is 13.2 Å². The summed E-state index contributed by atoms with van der Waals surface area (Å²) in [4.78, 5) is 0. The quantitative estimate of drug-likeness (QED) is 0.567. The van der Waals surface area contributed by atoms with Gasteiger partial charge in [0.1, 0.15) is 0 Å². The van der Waals surface area contributed by atoms with Crippen molar-refractivity contribution in [2.24, 2.45) is 16.2 Å². The highest BCUT2D eigenvalue weighted by Crippen LogP contribution is 2.60. The van der Waals surface area contributed by atoms with Crippen LogP contribution < -0.4 is 0 Å². The van der Waals surface area contributed by atoms with Gasteiger partial charge >= 0.3 is 0 Å². The van der Waals surface area contributed by atoms with Gasteiger partial charge in [0.25, 0.3) is 0 Å². The molecule has 17 heavy (non-hydrogen) atoms. The summed E-state index contributed by atoms with van der Waals surface area (Å²) in [7, 11) is 0. The molecule has 1 heterocycles. The van der Waals surface area contributed by atoms with Gasteiger partial charge in [-0.05, 0) is 37.5 Å². The van der Waals surface area contributed by atoms with Crippen LogP contribution in [0.15, 0.2) is 11.1 Å². The Labute approximate surface area is 106 Å². The van der Waals surface area contributed by atoms with Gasteiger partial charge in [0.05, 0.1) is 13.2 Å². The molecule has 0 aromatic heterocycles. The molecule has 0 N–H and O–H groups in total. The van der Waals surface area contributed by atoms with E-state index >= 15 is 0 Å². The highest BCUT2D eigenvalue weighted by Gasteiger charge is 2.54. The van der Waals surface area contributed by atoms with E-state index in [1.165, 1.54) is 32.1 Å². The molecule has 1 aliphatic heterocycles. The molecule has 0 aromatic carbocycles. The van der Waals surface area contributed by atoms with E-state index in [-0.39, 0.29) is 0 Å². The van der Waals surface area contributed by atoms with E-state index < -0.39 is 0 Å². The average molecular weight is 234 g/mol. The highest BCUT2D eigenvalue weighted by atomic mass is 16.5. The van der Waals surface area contributed by atoms with Crippen LogP contribution in [0, 0.1) is 16.2 Å². The van der Waals surface area contributed by atoms with Gasteiger partial charge in [0, 0.05) is 10.8 Å². The maximum atomic E-state index is 5.85. The summed E-state index contributed by atoms with van der Waals surface area (Å²) in [6.07, 6.45) is 6.69. The van der Waals surface area contributed by atoms with E-state index in [4.69, 9.17) is 4.74 Å². The van der Waals surface area contributed by atoms with Crippen LogP contribution in [0.4, 0.5) is 0 Å². The number of hydrogen-bond acceptors (Lipinski definition) is 1. The van der Waals surface area contributed by atoms with Crippen molar-refractivity contribution in [2.45, 2.75) is 59.8 Å². The van der Waals surface area contributed by atoms with Crippen LogP contribution in [0.3, 0.4) is 0 Å². The van der Waals surface area contributed by atoms with Gasteiger partial charge in [0.2, 0.25) is 0 Å². The largest absolute Gasteiger partial charge is 0.380 e. The Morgan fingerprint density at radius 1 is 0.941 bits per heavy atom. The topological polar surface area (TPSA) is 9.23 Å². The van der Waals surface area contributed by atoms with Gasteiger partial charge in [0.15, 0.2) is 0 Å². The number of ether oxygens (including phenoxy) is 1. The molecule has 96 valence electrons. The predicted octanol–water partition coefficient (Wildman–Crippen LogP) is 4.33. The third-order valence-corrected chi connectivity index (χ3v) is 5.99. The number of fused-ring (bicyclic) bond motifs is 1. The number of allylic oxidation sites excluding steroid dienone is 2. The van der Waals surface area contributed by atoms with Crippen molar-refractivity contribution >= 4 is 0 Å². The van der Waals surface area contributed by atoms with E-state index in [1.807, 2.05) is 0 Å². The second kappa shape index (κ2) is 3.38. The molecule has 0 radical (unpaired) electrons. The third kappa shape index (κ3) is 1.54. The molecular formula is C16H26O. The van der Waals surface area contributed by atoms with Crippen LogP contribution in [0.5, 0.6) is 0 Å².